The van der Waals surface area contributed by atoms with Gasteiger partial charge >= 0.3 is 0 Å². The normalized spacial score (nSPS) is 8.94. The van der Waals surface area contributed by atoms with Crippen LogP contribution in [-0.4, -0.2) is 15.9 Å². The molecule has 0 aliphatic rings. The van der Waals surface area contributed by atoms with Gasteiger partial charge in [0.25, 0.3) is 0 Å². The van der Waals surface area contributed by atoms with Crippen LogP contribution in [-0.2, 0) is 4.79 Å². The SMILES string of the molecule is CC(=O)SCCC#Cc1cnc(N)c(C#N)c1. The van der Waals surface area contributed by atoms with Crippen LogP contribution in [0.25, 0.3) is 0 Å². The van der Waals surface area contributed by atoms with E-state index >= 15 is 0 Å². The number of pyridine rings is 1. The third kappa shape index (κ3) is 4.58. The third-order valence-corrected chi connectivity index (χ3v) is 2.62. The van der Waals surface area contributed by atoms with Crippen molar-refractivity contribution >= 4 is 22.7 Å². The first-order chi connectivity index (χ1) is 8.13. The molecule has 0 aromatic carbocycles. The van der Waals surface area contributed by atoms with E-state index in [0.717, 1.165) is 0 Å². The lowest BCUT2D eigenvalue weighted by molar-refractivity contribution is -0.109. The molecule has 0 aliphatic carbocycles. The summed E-state index contributed by atoms with van der Waals surface area (Å²) in [7, 11) is 0. The second kappa shape index (κ2) is 6.57. The molecule has 0 amide bonds. The molecular weight excluding hydrogens is 234 g/mol. The fraction of sp³-hybridized carbons (Fsp3) is 0.250. The number of nitrogens with two attached hydrogens (primary N) is 1. The van der Waals surface area contributed by atoms with Crippen molar-refractivity contribution in [1.29, 1.82) is 5.26 Å². The summed E-state index contributed by atoms with van der Waals surface area (Å²) in [6, 6.07) is 3.55. The van der Waals surface area contributed by atoms with Crippen molar-refractivity contribution in [2.45, 2.75) is 13.3 Å². The van der Waals surface area contributed by atoms with Crippen molar-refractivity contribution < 1.29 is 4.79 Å². The lowest BCUT2D eigenvalue weighted by Crippen LogP contribution is -1.94. The van der Waals surface area contributed by atoms with Gasteiger partial charge in [-0.05, 0) is 6.07 Å². The first-order valence-electron chi connectivity index (χ1n) is 4.91. The highest BCUT2D eigenvalue weighted by Crippen LogP contribution is 2.08. The van der Waals surface area contributed by atoms with Crippen LogP contribution in [0.5, 0.6) is 0 Å². The maximum Gasteiger partial charge on any atom is 0.185 e. The molecule has 1 heterocycles. The molecule has 0 unspecified atom stereocenters. The van der Waals surface area contributed by atoms with Gasteiger partial charge in [-0.1, -0.05) is 23.6 Å². The monoisotopic (exact) mass is 245 g/mol. The first kappa shape index (κ1) is 13.1. The summed E-state index contributed by atoms with van der Waals surface area (Å²) in [6.07, 6.45) is 2.15. The van der Waals surface area contributed by atoms with Gasteiger partial charge in [-0.2, -0.15) is 5.26 Å². The molecule has 1 rings (SSSR count). The molecule has 0 atom stereocenters. The van der Waals surface area contributed by atoms with Gasteiger partial charge in [-0.15, -0.1) is 0 Å². The number of hydrogen-bond donors (Lipinski definition) is 1. The predicted molar refractivity (Wildman–Crippen MR) is 68.0 cm³/mol. The maximum absolute atomic E-state index is 10.7. The van der Waals surface area contributed by atoms with Crippen molar-refractivity contribution in [2.24, 2.45) is 0 Å². The largest absolute Gasteiger partial charge is 0.383 e. The van der Waals surface area contributed by atoms with Gasteiger partial charge in [0.2, 0.25) is 0 Å². The highest BCUT2D eigenvalue weighted by molar-refractivity contribution is 8.13. The fourth-order valence-electron chi connectivity index (χ4n) is 1.04. The smallest absolute Gasteiger partial charge is 0.185 e. The quantitative estimate of drug-likeness (QED) is 0.631. The Morgan fingerprint density at radius 3 is 3.06 bits per heavy atom. The molecule has 1 aromatic rings. The number of nitrogens with zero attached hydrogens (tertiary/aromatic N) is 2. The third-order valence-electron chi connectivity index (χ3n) is 1.80. The average molecular weight is 245 g/mol. The Labute approximate surface area is 104 Å². The minimum atomic E-state index is 0.0905. The van der Waals surface area contributed by atoms with Crippen LogP contribution in [0.3, 0.4) is 0 Å². The van der Waals surface area contributed by atoms with E-state index in [1.165, 1.54) is 24.9 Å². The van der Waals surface area contributed by atoms with Crippen LogP contribution < -0.4 is 5.73 Å². The zero-order chi connectivity index (χ0) is 12.7. The highest BCUT2D eigenvalue weighted by Gasteiger charge is 1.99. The summed E-state index contributed by atoms with van der Waals surface area (Å²) in [4.78, 5) is 14.5. The number of aromatic nitrogens is 1. The van der Waals surface area contributed by atoms with Gasteiger partial charge in [0.1, 0.15) is 11.9 Å². The minimum Gasteiger partial charge on any atom is -0.383 e. The molecule has 2 N–H and O–H groups in total. The lowest BCUT2D eigenvalue weighted by Gasteiger charge is -1.95. The van der Waals surface area contributed by atoms with Crippen LogP contribution >= 0.6 is 11.8 Å². The van der Waals surface area contributed by atoms with Gasteiger partial charge < -0.3 is 5.73 Å². The zero-order valence-electron chi connectivity index (χ0n) is 9.36. The number of thioether (sulfide) groups is 1. The molecule has 0 aliphatic heterocycles. The summed E-state index contributed by atoms with van der Waals surface area (Å²) >= 11 is 1.25. The topological polar surface area (TPSA) is 79.8 Å². The number of nitriles is 1. The highest BCUT2D eigenvalue weighted by atomic mass is 32.2. The van der Waals surface area contributed by atoms with Gasteiger partial charge in [-0.25, -0.2) is 4.98 Å². The van der Waals surface area contributed by atoms with Crippen LogP contribution in [0.1, 0.15) is 24.5 Å². The van der Waals surface area contributed by atoms with Crippen molar-refractivity contribution in [1.82, 2.24) is 4.98 Å². The molecule has 1 aromatic heterocycles. The average Bonchev–Trinajstić information content (AvgIpc) is 2.30. The lowest BCUT2D eigenvalue weighted by atomic mass is 10.2. The summed E-state index contributed by atoms with van der Waals surface area (Å²) in [6.45, 7) is 1.53. The molecule has 86 valence electrons. The molecule has 17 heavy (non-hydrogen) atoms. The Bertz CT molecular complexity index is 523. The van der Waals surface area contributed by atoms with Crippen LogP contribution in [0.4, 0.5) is 5.82 Å². The molecule has 0 saturated heterocycles. The molecule has 0 fully saturated rings. The molecule has 0 bridgehead atoms. The number of anilines is 1. The molecule has 5 heteroatoms. The second-order valence-corrected chi connectivity index (χ2v) is 4.43. The minimum absolute atomic E-state index is 0.0905. The van der Waals surface area contributed by atoms with E-state index in [4.69, 9.17) is 11.0 Å². The Balaban J connectivity index is 2.61. The van der Waals surface area contributed by atoms with Crippen LogP contribution in [0, 0.1) is 23.2 Å². The van der Waals surface area contributed by atoms with Gasteiger partial charge in [0.05, 0.1) is 5.56 Å². The van der Waals surface area contributed by atoms with Crippen molar-refractivity contribution in [3.8, 4) is 17.9 Å². The van der Waals surface area contributed by atoms with E-state index in [2.05, 4.69) is 16.8 Å². The zero-order valence-corrected chi connectivity index (χ0v) is 10.2. The summed E-state index contributed by atoms with van der Waals surface area (Å²) < 4.78 is 0. The Morgan fingerprint density at radius 2 is 2.41 bits per heavy atom. The molecule has 0 saturated carbocycles. The molecule has 0 spiro atoms. The van der Waals surface area contributed by atoms with Crippen LogP contribution in [0.15, 0.2) is 12.3 Å². The van der Waals surface area contributed by atoms with Crippen LogP contribution in [0.2, 0.25) is 0 Å². The Kier molecular flexibility index (Phi) is 5.06. The van der Waals surface area contributed by atoms with Gasteiger partial charge in [0, 0.05) is 30.9 Å². The van der Waals surface area contributed by atoms with E-state index in [0.29, 0.717) is 23.3 Å². The fourth-order valence-corrected chi connectivity index (χ4v) is 1.54. The van der Waals surface area contributed by atoms with E-state index in [1.54, 1.807) is 6.07 Å². The predicted octanol–water partition coefficient (Wildman–Crippen LogP) is 1.56. The van der Waals surface area contributed by atoms with Crippen molar-refractivity contribution in [3.63, 3.8) is 0 Å². The first-order valence-corrected chi connectivity index (χ1v) is 5.90. The maximum atomic E-state index is 10.7. The van der Waals surface area contributed by atoms with Gasteiger partial charge in [-0.3, -0.25) is 4.79 Å². The number of rotatable bonds is 2. The second-order valence-electron chi connectivity index (χ2n) is 3.16. The number of hydrogen-bond acceptors (Lipinski definition) is 5. The Morgan fingerprint density at radius 1 is 1.65 bits per heavy atom. The van der Waals surface area contributed by atoms with E-state index in [1.807, 2.05) is 6.07 Å². The van der Waals surface area contributed by atoms with E-state index in [-0.39, 0.29) is 10.9 Å². The van der Waals surface area contributed by atoms with Gasteiger partial charge in [0.15, 0.2) is 5.12 Å². The molecular formula is C12H11N3OS. The van der Waals surface area contributed by atoms with Crippen molar-refractivity contribution in [2.75, 3.05) is 11.5 Å². The summed E-state index contributed by atoms with van der Waals surface area (Å²) in [5, 5.41) is 8.85. The summed E-state index contributed by atoms with van der Waals surface area (Å²) in [5.41, 5.74) is 6.47. The summed E-state index contributed by atoms with van der Waals surface area (Å²) in [5.74, 6) is 6.68. The van der Waals surface area contributed by atoms with Crippen molar-refractivity contribution in [3.05, 3.63) is 23.4 Å². The van der Waals surface area contributed by atoms with E-state index < -0.39 is 0 Å². The number of carbonyl (C=O) groups is 1. The molecule has 4 nitrogen and oxygen atoms in total. The Hall–Kier alpha value is -1.98. The number of nitrogen functional groups attached to an aromatic ring is 1. The molecule has 0 radical (unpaired) electrons. The number of carbonyl (C=O) groups excluding carboxylic acids is 1. The van der Waals surface area contributed by atoms with E-state index in [9.17, 15) is 4.79 Å². The standard InChI is InChI=1S/C12H11N3OS/c1-9(16)17-5-3-2-4-10-6-11(7-13)12(14)15-8-10/h6,8H,3,5H2,1H3,(H2,14,15).